The van der Waals surface area contributed by atoms with Crippen LogP contribution >= 0.6 is 0 Å². The number of aliphatic carboxylic acids is 1. The van der Waals surface area contributed by atoms with E-state index in [-0.39, 0.29) is 18.6 Å². The zero-order valence-electron chi connectivity index (χ0n) is 18.6. The number of nitrogens with zero attached hydrogens (tertiary/aromatic N) is 1. The Labute approximate surface area is 200 Å². The second kappa shape index (κ2) is 9.76. The summed E-state index contributed by atoms with van der Waals surface area (Å²) in [6.45, 7) is -0.994. The number of rotatable bonds is 9. The first-order valence-corrected chi connectivity index (χ1v) is 10.9. The maximum atomic E-state index is 12.9. The summed E-state index contributed by atoms with van der Waals surface area (Å²) in [6, 6.07) is 16.2. The van der Waals surface area contributed by atoms with Gasteiger partial charge in [0.05, 0.1) is 12.5 Å². The van der Waals surface area contributed by atoms with Gasteiger partial charge >= 0.3 is 5.97 Å². The van der Waals surface area contributed by atoms with E-state index in [0.717, 1.165) is 10.3 Å². The summed E-state index contributed by atoms with van der Waals surface area (Å²) >= 11 is 0. The molecule has 1 aliphatic rings. The van der Waals surface area contributed by atoms with Gasteiger partial charge in [-0.1, -0.05) is 36.4 Å². The molecule has 0 radical (unpaired) electrons. The normalized spacial score (nSPS) is 13.5. The zero-order chi connectivity index (χ0) is 25.1. The summed E-state index contributed by atoms with van der Waals surface area (Å²) in [5.74, 6) is -4.53. The van der Waals surface area contributed by atoms with Crippen LogP contribution in [0, 0.1) is 5.92 Å². The largest absolute Gasteiger partial charge is 0.508 e. The number of nitrogens with one attached hydrogen (secondary N) is 1. The Hall–Kier alpha value is -4.53. The van der Waals surface area contributed by atoms with Crippen molar-refractivity contribution in [1.82, 2.24) is 10.2 Å². The van der Waals surface area contributed by atoms with Crippen molar-refractivity contribution in [2.24, 2.45) is 5.92 Å². The van der Waals surface area contributed by atoms with Crippen molar-refractivity contribution in [3.63, 3.8) is 0 Å². The van der Waals surface area contributed by atoms with Crippen molar-refractivity contribution in [3.8, 4) is 5.75 Å². The van der Waals surface area contributed by atoms with Crippen molar-refractivity contribution < 1.29 is 34.2 Å². The number of ketones is 1. The van der Waals surface area contributed by atoms with Gasteiger partial charge in [-0.05, 0) is 41.6 Å². The van der Waals surface area contributed by atoms with Crippen LogP contribution in [0.3, 0.4) is 0 Å². The Balaban J connectivity index is 1.36. The van der Waals surface area contributed by atoms with E-state index in [4.69, 9.17) is 0 Å². The van der Waals surface area contributed by atoms with E-state index in [2.05, 4.69) is 5.32 Å². The average Bonchev–Trinajstić information content (AvgIpc) is 2.84. The predicted octanol–water partition coefficient (Wildman–Crippen LogP) is 2.16. The van der Waals surface area contributed by atoms with Gasteiger partial charge in [0.2, 0.25) is 5.91 Å². The lowest BCUT2D eigenvalue weighted by Crippen LogP contribution is -2.47. The Kier molecular flexibility index (Phi) is 6.59. The molecule has 178 valence electrons. The summed E-state index contributed by atoms with van der Waals surface area (Å²) in [7, 11) is 0. The summed E-state index contributed by atoms with van der Waals surface area (Å²) in [6.07, 6.45) is -0.232. The van der Waals surface area contributed by atoms with Gasteiger partial charge in [-0.2, -0.15) is 0 Å². The number of hydrogen-bond donors (Lipinski definition) is 3. The lowest BCUT2D eigenvalue weighted by Gasteiger charge is -2.26. The number of imide groups is 1. The van der Waals surface area contributed by atoms with Crippen molar-refractivity contribution in [2.75, 3.05) is 13.1 Å². The molecule has 0 spiro atoms. The topological polar surface area (TPSA) is 141 Å². The van der Waals surface area contributed by atoms with Crippen LogP contribution in [0.4, 0.5) is 0 Å². The molecule has 1 aliphatic heterocycles. The average molecular weight is 474 g/mol. The number of Topliss-reactive ketones (excluding diaryl/α,β-unsaturated/α-hetero) is 1. The number of amides is 3. The fraction of sp³-hybridized carbons (Fsp3) is 0.192. The number of carbonyl (C=O) groups is 5. The minimum Gasteiger partial charge on any atom is -0.508 e. The Morgan fingerprint density at radius 2 is 1.49 bits per heavy atom. The van der Waals surface area contributed by atoms with E-state index in [1.54, 1.807) is 48.5 Å². The minimum atomic E-state index is -1.16. The number of phenolic OH excluding ortho intramolecular Hbond substituents is 1. The van der Waals surface area contributed by atoms with Crippen molar-refractivity contribution in [3.05, 3.63) is 77.4 Å². The van der Waals surface area contributed by atoms with Crippen molar-refractivity contribution >= 4 is 40.2 Å². The fourth-order valence-electron chi connectivity index (χ4n) is 4.13. The van der Waals surface area contributed by atoms with E-state index in [1.807, 2.05) is 0 Å². The molecule has 3 aromatic carbocycles. The molecular weight excluding hydrogens is 452 g/mol. The number of phenols is 1. The van der Waals surface area contributed by atoms with Crippen LogP contribution in [0.15, 0.2) is 60.7 Å². The molecule has 0 fully saturated rings. The first-order chi connectivity index (χ1) is 16.7. The predicted molar refractivity (Wildman–Crippen MR) is 125 cm³/mol. The molecule has 1 heterocycles. The molecule has 3 amide bonds. The molecule has 1 unspecified atom stereocenters. The molecule has 0 bridgehead atoms. The molecule has 9 nitrogen and oxygen atoms in total. The maximum absolute atomic E-state index is 12.9. The molecule has 0 saturated heterocycles. The highest BCUT2D eigenvalue weighted by Crippen LogP contribution is 2.29. The quantitative estimate of drug-likeness (QED) is 0.404. The van der Waals surface area contributed by atoms with Crippen LogP contribution in [0.2, 0.25) is 0 Å². The highest BCUT2D eigenvalue weighted by molar-refractivity contribution is 6.26. The van der Waals surface area contributed by atoms with E-state index in [1.165, 1.54) is 12.1 Å². The molecule has 0 aromatic heterocycles. The van der Waals surface area contributed by atoms with Gasteiger partial charge in [0.25, 0.3) is 11.8 Å². The van der Waals surface area contributed by atoms with Gasteiger partial charge in [0.15, 0.2) is 5.78 Å². The molecule has 0 aliphatic carbocycles. The second-order valence-electron chi connectivity index (χ2n) is 8.33. The first kappa shape index (κ1) is 23.6. The second-order valence-corrected chi connectivity index (χ2v) is 8.33. The van der Waals surface area contributed by atoms with Gasteiger partial charge in [-0.25, -0.2) is 0 Å². The molecule has 1 atom stereocenters. The smallest absolute Gasteiger partial charge is 0.307 e. The van der Waals surface area contributed by atoms with E-state index in [9.17, 15) is 34.2 Å². The van der Waals surface area contributed by atoms with Gasteiger partial charge < -0.3 is 15.5 Å². The molecule has 35 heavy (non-hydrogen) atoms. The van der Waals surface area contributed by atoms with Crippen molar-refractivity contribution in [2.45, 2.75) is 12.8 Å². The van der Waals surface area contributed by atoms with Crippen LogP contribution in [-0.4, -0.2) is 57.7 Å². The number of aromatic hydroxyl groups is 1. The highest BCUT2D eigenvalue weighted by atomic mass is 16.4. The summed E-state index contributed by atoms with van der Waals surface area (Å²) in [5.41, 5.74) is 1.28. The Morgan fingerprint density at radius 1 is 0.886 bits per heavy atom. The number of benzene rings is 3. The summed E-state index contributed by atoms with van der Waals surface area (Å²) in [4.78, 5) is 63.0. The van der Waals surface area contributed by atoms with Crippen LogP contribution < -0.4 is 5.32 Å². The minimum absolute atomic E-state index is 0.0465. The molecule has 3 aromatic rings. The van der Waals surface area contributed by atoms with Crippen LogP contribution in [0.5, 0.6) is 5.75 Å². The zero-order valence-corrected chi connectivity index (χ0v) is 18.6. The lowest BCUT2D eigenvalue weighted by molar-refractivity contribution is -0.143. The van der Waals surface area contributed by atoms with Gasteiger partial charge in [0.1, 0.15) is 12.3 Å². The molecule has 9 heteroatoms. The maximum Gasteiger partial charge on any atom is 0.307 e. The SMILES string of the molecule is O=C(CNC(=O)CN1C(=O)c2cccc3cccc(c23)C1=O)CC(Cc1ccc(O)cc1)C(=O)O. The highest BCUT2D eigenvalue weighted by Gasteiger charge is 2.34. The Bertz CT molecular complexity index is 1300. The fourth-order valence-corrected chi connectivity index (χ4v) is 4.13. The monoisotopic (exact) mass is 474 g/mol. The standard InChI is InChI=1S/C26H22N2O7/c29-18-9-7-15(8-10-18)11-17(26(34)35)12-19(30)13-27-22(31)14-28-24(32)20-5-1-3-16-4-2-6-21(23(16)20)25(28)33/h1-10,17,29H,11-14H2,(H,27,31)(H,34,35). The van der Waals surface area contributed by atoms with E-state index >= 15 is 0 Å². The molecule has 4 rings (SSSR count). The third-order valence-electron chi connectivity index (χ3n) is 5.88. The van der Waals surface area contributed by atoms with Gasteiger partial charge in [-0.3, -0.25) is 28.9 Å². The van der Waals surface area contributed by atoms with Crippen LogP contribution in [0.1, 0.15) is 32.7 Å². The summed E-state index contributed by atoms with van der Waals surface area (Å²) < 4.78 is 0. The molecule has 3 N–H and O–H groups in total. The molecular formula is C26H22N2O7. The van der Waals surface area contributed by atoms with Gasteiger partial charge in [-0.15, -0.1) is 0 Å². The van der Waals surface area contributed by atoms with Crippen LogP contribution in [-0.2, 0) is 20.8 Å². The summed E-state index contributed by atoms with van der Waals surface area (Å²) in [5, 5.41) is 22.5. The lowest BCUT2D eigenvalue weighted by atomic mass is 9.94. The Morgan fingerprint density at radius 3 is 2.06 bits per heavy atom. The van der Waals surface area contributed by atoms with Crippen molar-refractivity contribution in [1.29, 1.82) is 0 Å². The third kappa shape index (κ3) is 5.03. The van der Waals surface area contributed by atoms with E-state index in [0.29, 0.717) is 22.1 Å². The molecule has 0 saturated carbocycles. The van der Waals surface area contributed by atoms with Crippen LogP contribution in [0.25, 0.3) is 10.8 Å². The number of carboxylic acids is 1. The third-order valence-corrected chi connectivity index (χ3v) is 5.88. The first-order valence-electron chi connectivity index (χ1n) is 10.9. The number of carboxylic acid groups (broad SMARTS) is 1. The van der Waals surface area contributed by atoms with E-state index < -0.39 is 48.5 Å². The number of carbonyl (C=O) groups excluding carboxylic acids is 4. The number of hydrogen-bond acceptors (Lipinski definition) is 6. The van der Waals surface area contributed by atoms with Gasteiger partial charge in [0, 0.05) is 22.9 Å².